The Morgan fingerprint density at radius 2 is 1.90 bits per heavy atom. The molecular formula is C16H27N3O2. The molecule has 1 aromatic heterocycles. The summed E-state index contributed by atoms with van der Waals surface area (Å²) in [7, 11) is 1.90. The molecule has 5 nitrogen and oxygen atoms in total. The molecule has 0 radical (unpaired) electrons. The minimum absolute atomic E-state index is 0.120. The van der Waals surface area contributed by atoms with E-state index in [-0.39, 0.29) is 5.97 Å². The highest BCUT2D eigenvalue weighted by molar-refractivity contribution is 5.82. The summed E-state index contributed by atoms with van der Waals surface area (Å²) >= 11 is 0. The molecule has 0 N–H and O–H groups in total. The summed E-state index contributed by atoms with van der Waals surface area (Å²) in [6.45, 7) is 4.39. The van der Waals surface area contributed by atoms with Crippen LogP contribution in [-0.4, -0.2) is 27.3 Å². The van der Waals surface area contributed by atoms with E-state index in [1.807, 2.05) is 14.0 Å². The van der Waals surface area contributed by atoms with Crippen LogP contribution < -0.4 is 0 Å². The van der Waals surface area contributed by atoms with Gasteiger partial charge in [0.15, 0.2) is 5.82 Å². The fourth-order valence-corrected chi connectivity index (χ4v) is 3.30. The first-order valence-electron chi connectivity index (χ1n) is 8.21. The average Bonchev–Trinajstić information content (AvgIpc) is 2.69. The number of aryl methyl sites for hydroxylation is 2. The van der Waals surface area contributed by atoms with Gasteiger partial charge in [-0.05, 0) is 26.2 Å². The molecule has 5 heteroatoms. The summed E-state index contributed by atoms with van der Waals surface area (Å²) in [4.78, 5) is 17.4. The highest BCUT2D eigenvalue weighted by atomic mass is 16.5. The van der Waals surface area contributed by atoms with Crippen molar-refractivity contribution in [2.24, 2.45) is 7.05 Å². The van der Waals surface area contributed by atoms with Gasteiger partial charge in [-0.25, -0.2) is 4.98 Å². The second-order valence-electron chi connectivity index (χ2n) is 5.94. The van der Waals surface area contributed by atoms with E-state index in [4.69, 9.17) is 9.72 Å². The number of carbonyl (C=O) groups is 1. The van der Waals surface area contributed by atoms with Gasteiger partial charge in [-0.2, -0.15) is 5.10 Å². The Morgan fingerprint density at radius 1 is 1.24 bits per heavy atom. The molecule has 1 aliphatic rings. The van der Waals surface area contributed by atoms with Crippen molar-refractivity contribution in [3.05, 3.63) is 11.6 Å². The van der Waals surface area contributed by atoms with E-state index in [2.05, 4.69) is 12.0 Å². The number of nitrogens with zero attached hydrogens (tertiary/aromatic N) is 3. The third-order valence-electron chi connectivity index (χ3n) is 4.33. The summed E-state index contributed by atoms with van der Waals surface area (Å²) in [6.07, 6.45) is 7.97. The zero-order chi connectivity index (χ0) is 15.3. The number of aromatic nitrogens is 3. The van der Waals surface area contributed by atoms with Crippen molar-refractivity contribution in [1.82, 2.24) is 14.8 Å². The standard InChI is InChI=1S/C16H27N3O2/c1-4-10-13-17-14(19(3)18-13)16(15(20)21-5-2)11-8-6-7-9-12-16/h4-12H2,1-3H3. The molecular weight excluding hydrogens is 266 g/mol. The van der Waals surface area contributed by atoms with Crippen LogP contribution in [0, 0.1) is 0 Å². The molecule has 21 heavy (non-hydrogen) atoms. The fraction of sp³-hybridized carbons (Fsp3) is 0.812. The Balaban J connectivity index is 2.40. The molecule has 0 bridgehead atoms. The molecule has 0 amide bonds. The van der Waals surface area contributed by atoms with Gasteiger partial charge in [0.2, 0.25) is 0 Å². The lowest BCUT2D eigenvalue weighted by Gasteiger charge is -2.28. The van der Waals surface area contributed by atoms with Crippen LogP contribution >= 0.6 is 0 Å². The van der Waals surface area contributed by atoms with Crippen molar-refractivity contribution in [3.63, 3.8) is 0 Å². The van der Waals surface area contributed by atoms with E-state index in [0.29, 0.717) is 6.61 Å². The minimum atomic E-state index is -0.597. The van der Waals surface area contributed by atoms with Gasteiger partial charge < -0.3 is 4.74 Å². The van der Waals surface area contributed by atoms with E-state index < -0.39 is 5.41 Å². The first kappa shape index (κ1) is 16.0. The summed E-state index contributed by atoms with van der Waals surface area (Å²) in [5, 5.41) is 4.49. The fourth-order valence-electron chi connectivity index (χ4n) is 3.30. The molecule has 0 spiro atoms. The van der Waals surface area contributed by atoms with Crippen LogP contribution in [0.1, 0.15) is 70.4 Å². The van der Waals surface area contributed by atoms with Crippen molar-refractivity contribution in [1.29, 1.82) is 0 Å². The Hall–Kier alpha value is -1.39. The predicted molar refractivity (Wildman–Crippen MR) is 81.0 cm³/mol. The Kier molecular flexibility index (Phi) is 5.37. The number of rotatable bonds is 5. The smallest absolute Gasteiger partial charge is 0.319 e. The quantitative estimate of drug-likeness (QED) is 0.618. The largest absolute Gasteiger partial charge is 0.465 e. The molecule has 0 atom stereocenters. The third kappa shape index (κ3) is 3.27. The van der Waals surface area contributed by atoms with Crippen molar-refractivity contribution >= 4 is 5.97 Å². The molecule has 0 aromatic carbocycles. The maximum atomic E-state index is 12.7. The van der Waals surface area contributed by atoms with E-state index in [1.54, 1.807) is 4.68 Å². The molecule has 0 aliphatic heterocycles. The van der Waals surface area contributed by atoms with Gasteiger partial charge in [-0.15, -0.1) is 0 Å². The lowest BCUT2D eigenvalue weighted by molar-refractivity contribution is -0.151. The van der Waals surface area contributed by atoms with E-state index in [1.165, 1.54) is 12.8 Å². The van der Waals surface area contributed by atoms with Crippen molar-refractivity contribution in [2.75, 3.05) is 6.61 Å². The Labute approximate surface area is 127 Å². The summed E-state index contributed by atoms with van der Waals surface area (Å²) < 4.78 is 7.20. The number of esters is 1. The number of carbonyl (C=O) groups excluding carboxylic acids is 1. The lowest BCUT2D eigenvalue weighted by atomic mass is 9.79. The molecule has 0 saturated heterocycles. The van der Waals surface area contributed by atoms with E-state index >= 15 is 0 Å². The maximum absolute atomic E-state index is 12.7. The van der Waals surface area contributed by atoms with Crippen LogP contribution in [-0.2, 0) is 28.4 Å². The normalized spacial score (nSPS) is 18.2. The molecule has 1 fully saturated rings. The monoisotopic (exact) mass is 293 g/mol. The van der Waals surface area contributed by atoms with Crippen LogP contribution in [0.2, 0.25) is 0 Å². The van der Waals surface area contributed by atoms with Gasteiger partial charge in [0.25, 0.3) is 0 Å². The van der Waals surface area contributed by atoms with Crippen molar-refractivity contribution < 1.29 is 9.53 Å². The van der Waals surface area contributed by atoms with Crippen molar-refractivity contribution in [2.45, 2.75) is 70.6 Å². The second kappa shape index (κ2) is 7.05. The first-order chi connectivity index (χ1) is 10.1. The highest BCUT2D eigenvalue weighted by Gasteiger charge is 2.45. The van der Waals surface area contributed by atoms with Gasteiger partial charge in [0.05, 0.1) is 6.61 Å². The Morgan fingerprint density at radius 3 is 2.48 bits per heavy atom. The SMILES string of the molecule is CCCc1nc(C2(C(=O)OCC)CCCCCC2)n(C)n1. The van der Waals surface area contributed by atoms with Gasteiger partial charge in [0.1, 0.15) is 11.2 Å². The molecule has 1 heterocycles. The summed E-state index contributed by atoms with van der Waals surface area (Å²) in [5.41, 5.74) is -0.597. The van der Waals surface area contributed by atoms with Crippen LogP contribution in [0.25, 0.3) is 0 Å². The maximum Gasteiger partial charge on any atom is 0.319 e. The zero-order valence-electron chi connectivity index (χ0n) is 13.5. The molecule has 1 aromatic rings. The van der Waals surface area contributed by atoms with Crippen LogP contribution in [0.5, 0.6) is 0 Å². The van der Waals surface area contributed by atoms with Gasteiger partial charge >= 0.3 is 5.97 Å². The summed E-state index contributed by atoms with van der Waals surface area (Å²) in [6, 6.07) is 0. The first-order valence-corrected chi connectivity index (χ1v) is 8.21. The number of ether oxygens (including phenoxy) is 1. The van der Waals surface area contributed by atoms with Crippen LogP contribution in [0.15, 0.2) is 0 Å². The van der Waals surface area contributed by atoms with E-state index in [9.17, 15) is 4.79 Å². The number of hydrogen-bond acceptors (Lipinski definition) is 4. The molecule has 2 rings (SSSR count). The van der Waals surface area contributed by atoms with Gasteiger partial charge in [-0.1, -0.05) is 32.6 Å². The van der Waals surface area contributed by atoms with Crippen LogP contribution in [0.3, 0.4) is 0 Å². The Bertz CT molecular complexity index is 474. The second-order valence-corrected chi connectivity index (χ2v) is 5.94. The minimum Gasteiger partial charge on any atom is -0.465 e. The van der Waals surface area contributed by atoms with Crippen molar-refractivity contribution in [3.8, 4) is 0 Å². The summed E-state index contributed by atoms with van der Waals surface area (Å²) in [5.74, 6) is 1.51. The molecule has 1 aliphatic carbocycles. The third-order valence-corrected chi connectivity index (χ3v) is 4.33. The highest BCUT2D eigenvalue weighted by Crippen LogP contribution is 2.38. The molecule has 1 saturated carbocycles. The van der Waals surface area contributed by atoms with E-state index in [0.717, 1.165) is 50.2 Å². The average molecular weight is 293 g/mol. The van der Waals surface area contributed by atoms with Crippen LogP contribution in [0.4, 0.5) is 0 Å². The lowest BCUT2D eigenvalue weighted by Crippen LogP contribution is -2.39. The van der Waals surface area contributed by atoms with Gasteiger partial charge in [0, 0.05) is 13.5 Å². The zero-order valence-corrected chi connectivity index (χ0v) is 13.5. The topological polar surface area (TPSA) is 57.0 Å². The predicted octanol–water partition coefficient (Wildman–Crippen LogP) is 2.92. The number of hydrogen-bond donors (Lipinski definition) is 0. The van der Waals surface area contributed by atoms with Gasteiger partial charge in [-0.3, -0.25) is 9.48 Å². The molecule has 118 valence electrons. The molecule has 0 unspecified atom stereocenters.